The second-order valence-corrected chi connectivity index (χ2v) is 9.06. The number of fused-ring (bicyclic) bond motifs is 2. The molecule has 0 aliphatic carbocycles. The zero-order valence-corrected chi connectivity index (χ0v) is 16.1. The predicted molar refractivity (Wildman–Crippen MR) is 99.4 cm³/mol. The van der Waals surface area contributed by atoms with Crippen LogP contribution in [0.25, 0.3) is 0 Å². The highest BCUT2D eigenvalue weighted by atomic mass is 32.2. The Labute approximate surface area is 154 Å². The molecule has 0 saturated carbocycles. The third-order valence-electron chi connectivity index (χ3n) is 5.16. The molecule has 2 aromatic carbocycles. The fourth-order valence-electron chi connectivity index (χ4n) is 3.82. The lowest BCUT2D eigenvalue weighted by atomic mass is 9.99. The van der Waals surface area contributed by atoms with E-state index in [2.05, 4.69) is 0 Å². The van der Waals surface area contributed by atoms with Crippen molar-refractivity contribution in [2.75, 3.05) is 20.3 Å². The average molecular weight is 373 g/mol. The average Bonchev–Trinajstić information content (AvgIpc) is 3.22. The summed E-state index contributed by atoms with van der Waals surface area (Å²) in [6.07, 6.45) is 1.63. The molecule has 2 aliphatic heterocycles. The highest BCUT2D eigenvalue weighted by molar-refractivity contribution is 7.89. The van der Waals surface area contributed by atoms with E-state index in [1.807, 2.05) is 32.0 Å². The molecular formula is C20H23NO4S. The second kappa shape index (κ2) is 6.28. The van der Waals surface area contributed by atoms with Crippen LogP contribution in [0.5, 0.6) is 11.5 Å². The van der Waals surface area contributed by atoms with E-state index in [1.165, 1.54) is 4.31 Å². The second-order valence-electron chi connectivity index (χ2n) is 7.05. The normalized spacial score (nSPS) is 15.5. The summed E-state index contributed by atoms with van der Waals surface area (Å²) in [5.74, 6) is 1.72. The minimum absolute atomic E-state index is 0.282. The molecule has 0 radical (unpaired) electrons. The van der Waals surface area contributed by atoms with Crippen LogP contribution in [0, 0.1) is 13.8 Å². The van der Waals surface area contributed by atoms with Crippen molar-refractivity contribution >= 4 is 10.0 Å². The molecule has 138 valence electrons. The van der Waals surface area contributed by atoms with Crippen LogP contribution in [-0.2, 0) is 29.4 Å². The molecule has 6 heteroatoms. The van der Waals surface area contributed by atoms with Gasteiger partial charge in [0.15, 0.2) is 0 Å². The SMILES string of the molecule is Cc1ccc(S(=O)(=O)N(C)Cc2c3c(cc4c2OCC4)OCC3)c(C)c1. The van der Waals surface area contributed by atoms with Gasteiger partial charge in [0.2, 0.25) is 10.0 Å². The van der Waals surface area contributed by atoms with E-state index < -0.39 is 10.0 Å². The monoisotopic (exact) mass is 373 g/mol. The third kappa shape index (κ3) is 2.77. The molecule has 0 atom stereocenters. The lowest BCUT2D eigenvalue weighted by Crippen LogP contribution is -2.27. The molecule has 0 fully saturated rings. The number of sulfonamides is 1. The first-order chi connectivity index (χ1) is 12.4. The van der Waals surface area contributed by atoms with Gasteiger partial charge in [-0.05, 0) is 31.5 Å². The van der Waals surface area contributed by atoms with Crippen molar-refractivity contribution in [1.29, 1.82) is 0 Å². The predicted octanol–water partition coefficient (Wildman–Crippen LogP) is 2.99. The van der Waals surface area contributed by atoms with Gasteiger partial charge in [0.1, 0.15) is 11.5 Å². The van der Waals surface area contributed by atoms with E-state index in [1.54, 1.807) is 13.1 Å². The van der Waals surface area contributed by atoms with E-state index in [-0.39, 0.29) is 6.54 Å². The summed E-state index contributed by atoms with van der Waals surface area (Å²) in [5, 5.41) is 0. The first-order valence-electron chi connectivity index (χ1n) is 8.85. The summed E-state index contributed by atoms with van der Waals surface area (Å²) in [5.41, 5.74) is 4.95. The Bertz CT molecular complexity index is 950. The van der Waals surface area contributed by atoms with Crippen LogP contribution in [0.1, 0.15) is 27.8 Å². The third-order valence-corrected chi connectivity index (χ3v) is 7.12. The van der Waals surface area contributed by atoms with E-state index >= 15 is 0 Å². The van der Waals surface area contributed by atoms with Gasteiger partial charge in [-0.15, -0.1) is 0 Å². The molecule has 0 bridgehead atoms. The molecule has 2 heterocycles. The van der Waals surface area contributed by atoms with Crippen LogP contribution in [-0.4, -0.2) is 33.0 Å². The van der Waals surface area contributed by atoms with Crippen LogP contribution < -0.4 is 9.47 Å². The largest absolute Gasteiger partial charge is 0.493 e. The Balaban J connectivity index is 1.72. The maximum atomic E-state index is 13.1. The molecule has 2 aromatic rings. The Hall–Kier alpha value is -2.05. The van der Waals surface area contributed by atoms with E-state index in [0.29, 0.717) is 18.1 Å². The lowest BCUT2D eigenvalue weighted by molar-refractivity contribution is 0.348. The molecule has 2 aliphatic rings. The van der Waals surface area contributed by atoms with Crippen molar-refractivity contribution in [3.8, 4) is 11.5 Å². The summed E-state index contributed by atoms with van der Waals surface area (Å²) >= 11 is 0. The van der Waals surface area contributed by atoms with Gasteiger partial charge in [0.25, 0.3) is 0 Å². The molecule has 0 spiro atoms. The number of ether oxygens (including phenoxy) is 2. The Morgan fingerprint density at radius 2 is 1.85 bits per heavy atom. The van der Waals surface area contributed by atoms with Crippen LogP contribution in [0.2, 0.25) is 0 Å². The summed E-state index contributed by atoms with van der Waals surface area (Å²) in [7, 11) is -1.95. The molecule has 0 N–H and O–H groups in total. The molecule has 5 nitrogen and oxygen atoms in total. The zero-order chi connectivity index (χ0) is 18.5. The maximum Gasteiger partial charge on any atom is 0.243 e. The van der Waals surface area contributed by atoms with Crippen LogP contribution >= 0.6 is 0 Å². The summed E-state index contributed by atoms with van der Waals surface area (Å²) < 4.78 is 39.2. The molecule has 4 rings (SSSR count). The topological polar surface area (TPSA) is 55.8 Å². The quantitative estimate of drug-likeness (QED) is 0.827. The fourth-order valence-corrected chi connectivity index (χ4v) is 5.16. The summed E-state index contributed by atoms with van der Waals surface area (Å²) in [6, 6.07) is 7.47. The first-order valence-corrected chi connectivity index (χ1v) is 10.3. The smallest absolute Gasteiger partial charge is 0.243 e. The van der Waals surface area contributed by atoms with Gasteiger partial charge < -0.3 is 9.47 Å². The van der Waals surface area contributed by atoms with Crippen molar-refractivity contribution < 1.29 is 17.9 Å². The molecule has 0 unspecified atom stereocenters. The van der Waals surface area contributed by atoms with Gasteiger partial charge in [-0.1, -0.05) is 17.7 Å². The number of rotatable bonds is 4. The Morgan fingerprint density at radius 1 is 1.08 bits per heavy atom. The van der Waals surface area contributed by atoms with Crippen LogP contribution in [0.4, 0.5) is 0 Å². The highest BCUT2D eigenvalue weighted by Gasteiger charge is 2.30. The van der Waals surface area contributed by atoms with Crippen molar-refractivity contribution in [3.63, 3.8) is 0 Å². The number of benzene rings is 2. The van der Waals surface area contributed by atoms with Gasteiger partial charge in [0, 0.05) is 43.1 Å². The molecule has 0 aromatic heterocycles. The van der Waals surface area contributed by atoms with Gasteiger partial charge in [0.05, 0.1) is 18.1 Å². The highest BCUT2D eigenvalue weighted by Crippen LogP contribution is 2.41. The summed E-state index contributed by atoms with van der Waals surface area (Å²) in [6.45, 7) is 5.35. The van der Waals surface area contributed by atoms with Crippen molar-refractivity contribution in [3.05, 3.63) is 52.1 Å². The molecular weight excluding hydrogens is 350 g/mol. The lowest BCUT2D eigenvalue weighted by Gasteiger charge is -2.21. The number of hydrogen-bond donors (Lipinski definition) is 0. The van der Waals surface area contributed by atoms with Gasteiger partial charge >= 0.3 is 0 Å². The molecule has 26 heavy (non-hydrogen) atoms. The standard InChI is InChI=1S/C20H23NO4S/c1-13-4-5-19(14(2)10-13)26(22,23)21(3)12-17-16-7-9-24-18(16)11-15-6-8-25-20(15)17/h4-5,10-11H,6-9,12H2,1-3H3. The zero-order valence-electron chi connectivity index (χ0n) is 15.3. The van der Waals surface area contributed by atoms with Crippen molar-refractivity contribution in [2.45, 2.75) is 38.1 Å². The Kier molecular flexibility index (Phi) is 4.20. The van der Waals surface area contributed by atoms with E-state index in [9.17, 15) is 8.42 Å². The van der Waals surface area contributed by atoms with Crippen LogP contribution in [0.3, 0.4) is 0 Å². The van der Waals surface area contributed by atoms with Gasteiger partial charge in [-0.2, -0.15) is 4.31 Å². The number of nitrogens with zero attached hydrogens (tertiary/aromatic N) is 1. The van der Waals surface area contributed by atoms with E-state index in [4.69, 9.17) is 9.47 Å². The van der Waals surface area contributed by atoms with Crippen molar-refractivity contribution in [1.82, 2.24) is 4.31 Å². The first kappa shape index (κ1) is 17.4. The van der Waals surface area contributed by atoms with Gasteiger partial charge in [-0.25, -0.2) is 8.42 Å². The minimum atomic E-state index is -3.58. The number of aryl methyl sites for hydroxylation is 2. The minimum Gasteiger partial charge on any atom is -0.493 e. The van der Waals surface area contributed by atoms with E-state index in [0.717, 1.165) is 52.2 Å². The van der Waals surface area contributed by atoms with Crippen LogP contribution in [0.15, 0.2) is 29.2 Å². The van der Waals surface area contributed by atoms with Crippen molar-refractivity contribution in [2.24, 2.45) is 0 Å². The maximum absolute atomic E-state index is 13.1. The Morgan fingerprint density at radius 3 is 2.62 bits per heavy atom. The number of hydrogen-bond acceptors (Lipinski definition) is 4. The summed E-state index contributed by atoms with van der Waals surface area (Å²) in [4.78, 5) is 0.354. The molecule has 0 amide bonds. The van der Waals surface area contributed by atoms with Gasteiger partial charge in [-0.3, -0.25) is 0 Å². The fraction of sp³-hybridized carbons (Fsp3) is 0.400. The molecule has 0 saturated heterocycles.